The van der Waals surface area contributed by atoms with Gasteiger partial charge in [0.15, 0.2) is 11.5 Å². The van der Waals surface area contributed by atoms with Crippen LogP contribution in [0.1, 0.15) is 18.2 Å². The van der Waals surface area contributed by atoms with E-state index in [9.17, 15) is 9.90 Å². The topological polar surface area (TPSA) is 80.9 Å². The van der Waals surface area contributed by atoms with Gasteiger partial charge in [-0.15, -0.1) is 0 Å². The Bertz CT molecular complexity index is 719. The number of aliphatic hydroxyl groups is 1. The number of rotatable bonds is 8. The van der Waals surface area contributed by atoms with Crippen molar-refractivity contribution < 1.29 is 23.8 Å². The number of hydrogen-bond donors (Lipinski definition) is 2. The van der Waals surface area contributed by atoms with Gasteiger partial charge in [0.1, 0.15) is 5.76 Å². The van der Waals surface area contributed by atoms with Crippen molar-refractivity contribution in [3.63, 3.8) is 0 Å². The van der Waals surface area contributed by atoms with Crippen LogP contribution in [0.25, 0.3) is 6.08 Å². The molecule has 2 aromatic rings. The van der Waals surface area contributed by atoms with Crippen molar-refractivity contribution in [1.82, 2.24) is 5.32 Å². The van der Waals surface area contributed by atoms with E-state index in [1.54, 1.807) is 57.7 Å². The van der Waals surface area contributed by atoms with Crippen molar-refractivity contribution >= 4 is 12.0 Å². The molecule has 6 nitrogen and oxygen atoms in total. The van der Waals surface area contributed by atoms with Crippen LogP contribution >= 0.6 is 0 Å². The first-order chi connectivity index (χ1) is 11.9. The first-order valence-corrected chi connectivity index (χ1v) is 7.86. The highest BCUT2D eigenvalue weighted by molar-refractivity contribution is 5.91. The monoisotopic (exact) mass is 345 g/mol. The fraction of sp³-hybridized carbons (Fsp3) is 0.316. The average molecular weight is 345 g/mol. The van der Waals surface area contributed by atoms with Gasteiger partial charge in [-0.3, -0.25) is 4.79 Å². The maximum atomic E-state index is 12.0. The Balaban J connectivity index is 1.90. The van der Waals surface area contributed by atoms with Crippen molar-refractivity contribution in [3.05, 3.63) is 54.0 Å². The molecule has 0 bridgehead atoms. The van der Waals surface area contributed by atoms with Crippen LogP contribution in [0.2, 0.25) is 0 Å². The molecular weight excluding hydrogens is 322 g/mol. The van der Waals surface area contributed by atoms with Gasteiger partial charge in [0.05, 0.1) is 26.1 Å². The zero-order valence-corrected chi connectivity index (χ0v) is 14.6. The van der Waals surface area contributed by atoms with E-state index < -0.39 is 5.60 Å². The molecule has 1 heterocycles. The molecule has 2 N–H and O–H groups in total. The molecule has 0 aliphatic carbocycles. The van der Waals surface area contributed by atoms with Crippen LogP contribution in [-0.2, 0) is 11.2 Å². The number of benzene rings is 1. The van der Waals surface area contributed by atoms with Gasteiger partial charge in [0.25, 0.3) is 0 Å². The van der Waals surface area contributed by atoms with Crippen molar-refractivity contribution in [2.24, 2.45) is 0 Å². The number of amides is 1. The molecule has 6 heteroatoms. The van der Waals surface area contributed by atoms with Crippen molar-refractivity contribution in [1.29, 1.82) is 0 Å². The molecule has 134 valence electrons. The summed E-state index contributed by atoms with van der Waals surface area (Å²) in [5.74, 6) is 1.58. The summed E-state index contributed by atoms with van der Waals surface area (Å²) in [6.45, 7) is 1.76. The standard InChI is InChI=1S/C19H23NO5/c1-19(22,12-15-5-4-10-25-15)13-20-18(21)9-7-14-6-8-16(23-2)17(11-14)24-3/h4-11,22H,12-13H2,1-3H3,(H,20,21)/b9-7+. The van der Waals surface area contributed by atoms with Crippen LogP contribution in [0.4, 0.5) is 0 Å². The number of ether oxygens (including phenoxy) is 2. The second-order valence-electron chi connectivity index (χ2n) is 5.92. The van der Waals surface area contributed by atoms with Gasteiger partial charge in [-0.25, -0.2) is 0 Å². The van der Waals surface area contributed by atoms with Gasteiger partial charge in [-0.2, -0.15) is 0 Å². The maximum Gasteiger partial charge on any atom is 0.244 e. The molecule has 1 aromatic carbocycles. The highest BCUT2D eigenvalue weighted by atomic mass is 16.5. The molecule has 1 unspecified atom stereocenters. The fourth-order valence-corrected chi connectivity index (χ4v) is 2.32. The molecule has 25 heavy (non-hydrogen) atoms. The van der Waals surface area contributed by atoms with E-state index in [0.717, 1.165) is 5.56 Å². The first kappa shape index (κ1) is 18.6. The normalized spacial score (nSPS) is 13.4. The zero-order chi connectivity index (χ0) is 18.3. The maximum absolute atomic E-state index is 12.0. The van der Waals surface area contributed by atoms with E-state index >= 15 is 0 Å². The third-order valence-corrected chi connectivity index (χ3v) is 3.61. The van der Waals surface area contributed by atoms with Crippen LogP contribution in [-0.4, -0.2) is 37.4 Å². The smallest absolute Gasteiger partial charge is 0.244 e. The van der Waals surface area contributed by atoms with Crippen LogP contribution < -0.4 is 14.8 Å². The summed E-state index contributed by atoms with van der Waals surface area (Å²) in [7, 11) is 3.12. The second kappa shape index (κ2) is 8.39. The van der Waals surface area contributed by atoms with Crippen LogP contribution in [0.5, 0.6) is 11.5 Å². The minimum Gasteiger partial charge on any atom is -0.493 e. The third kappa shape index (κ3) is 5.69. The van der Waals surface area contributed by atoms with Crippen molar-refractivity contribution in [3.8, 4) is 11.5 Å². The van der Waals surface area contributed by atoms with E-state index in [0.29, 0.717) is 23.7 Å². The molecule has 0 fully saturated rings. The Hall–Kier alpha value is -2.73. The number of methoxy groups -OCH3 is 2. The number of hydrogen-bond acceptors (Lipinski definition) is 5. The lowest BCUT2D eigenvalue weighted by molar-refractivity contribution is -0.117. The summed E-state index contributed by atoms with van der Waals surface area (Å²) in [6, 6.07) is 8.90. The van der Waals surface area contributed by atoms with Crippen LogP contribution in [0.3, 0.4) is 0 Å². The third-order valence-electron chi connectivity index (χ3n) is 3.61. The zero-order valence-electron chi connectivity index (χ0n) is 14.6. The van der Waals surface area contributed by atoms with Gasteiger partial charge in [-0.05, 0) is 42.8 Å². The highest BCUT2D eigenvalue weighted by Crippen LogP contribution is 2.27. The first-order valence-electron chi connectivity index (χ1n) is 7.86. The molecule has 0 saturated carbocycles. The lowest BCUT2D eigenvalue weighted by Crippen LogP contribution is -2.41. The van der Waals surface area contributed by atoms with Gasteiger partial charge >= 0.3 is 0 Å². The summed E-state index contributed by atoms with van der Waals surface area (Å²) < 4.78 is 15.6. The number of nitrogens with one attached hydrogen (secondary N) is 1. The number of carbonyl (C=O) groups is 1. The summed E-state index contributed by atoms with van der Waals surface area (Å²) in [4.78, 5) is 12.0. The molecule has 0 radical (unpaired) electrons. The molecule has 0 saturated heterocycles. The average Bonchev–Trinajstić information content (AvgIpc) is 3.10. The molecule has 0 spiro atoms. The Morgan fingerprint density at radius 3 is 2.68 bits per heavy atom. The Labute approximate surface area is 147 Å². The van der Waals surface area contributed by atoms with Crippen LogP contribution in [0.15, 0.2) is 47.1 Å². The number of furan rings is 1. The molecule has 1 atom stereocenters. The minimum atomic E-state index is -1.09. The van der Waals surface area contributed by atoms with Crippen molar-refractivity contribution in [2.75, 3.05) is 20.8 Å². The van der Waals surface area contributed by atoms with Gasteiger partial charge in [0.2, 0.25) is 5.91 Å². The summed E-state index contributed by atoms with van der Waals surface area (Å²) in [5.41, 5.74) is -0.292. The molecule has 0 aliphatic rings. The number of carbonyl (C=O) groups excluding carboxylic acids is 1. The molecule has 1 aromatic heterocycles. The quantitative estimate of drug-likeness (QED) is 0.718. The van der Waals surface area contributed by atoms with E-state index in [1.165, 1.54) is 6.08 Å². The van der Waals surface area contributed by atoms with Gasteiger partial charge in [-0.1, -0.05) is 6.07 Å². The van der Waals surface area contributed by atoms with E-state index in [4.69, 9.17) is 13.9 Å². The van der Waals surface area contributed by atoms with E-state index in [-0.39, 0.29) is 12.5 Å². The lowest BCUT2D eigenvalue weighted by Gasteiger charge is -2.22. The summed E-state index contributed by atoms with van der Waals surface area (Å²) in [6.07, 6.45) is 4.94. The molecule has 1 amide bonds. The largest absolute Gasteiger partial charge is 0.493 e. The lowest BCUT2D eigenvalue weighted by atomic mass is 10.0. The predicted octanol–water partition coefficient (Wildman–Crippen LogP) is 2.42. The van der Waals surface area contributed by atoms with E-state index in [1.807, 2.05) is 6.07 Å². The molecular formula is C19H23NO5. The highest BCUT2D eigenvalue weighted by Gasteiger charge is 2.22. The van der Waals surface area contributed by atoms with Gasteiger partial charge in [0, 0.05) is 19.0 Å². The Morgan fingerprint density at radius 1 is 1.28 bits per heavy atom. The van der Waals surface area contributed by atoms with Crippen LogP contribution in [0, 0.1) is 0 Å². The van der Waals surface area contributed by atoms with E-state index in [2.05, 4.69) is 5.32 Å². The Morgan fingerprint density at radius 2 is 2.04 bits per heavy atom. The predicted molar refractivity (Wildman–Crippen MR) is 94.6 cm³/mol. The minimum absolute atomic E-state index is 0.114. The molecule has 0 aliphatic heterocycles. The molecule has 2 rings (SSSR count). The SMILES string of the molecule is COc1ccc(/C=C/C(=O)NCC(C)(O)Cc2ccco2)cc1OC. The van der Waals surface area contributed by atoms with Gasteiger partial charge < -0.3 is 24.3 Å². The second-order valence-corrected chi connectivity index (χ2v) is 5.92. The fourth-order valence-electron chi connectivity index (χ4n) is 2.32. The summed E-state index contributed by atoms with van der Waals surface area (Å²) >= 11 is 0. The van der Waals surface area contributed by atoms with Crippen molar-refractivity contribution in [2.45, 2.75) is 18.9 Å². The Kier molecular flexibility index (Phi) is 6.25. The summed E-state index contributed by atoms with van der Waals surface area (Å²) in [5, 5.41) is 13.0.